The Kier molecular flexibility index (Phi) is 6.39. The van der Waals surface area contributed by atoms with Gasteiger partial charge in [-0.1, -0.05) is 6.92 Å². The fourth-order valence-electron chi connectivity index (χ4n) is 2.71. The van der Waals surface area contributed by atoms with E-state index in [9.17, 15) is 0 Å². The summed E-state index contributed by atoms with van der Waals surface area (Å²) in [7, 11) is 4.20. The molecule has 0 radical (unpaired) electrons. The molecular weight excluding hydrogens is 276 g/mol. The maximum Gasteiger partial charge on any atom is 0.134 e. The summed E-state index contributed by atoms with van der Waals surface area (Å²) in [5.74, 6) is 2.84. The maximum absolute atomic E-state index is 4.61. The van der Waals surface area contributed by atoms with Crippen LogP contribution in [0.2, 0.25) is 0 Å². The van der Waals surface area contributed by atoms with Crippen molar-refractivity contribution >= 4 is 11.6 Å². The molecule has 1 N–H and O–H groups in total. The largest absolute Gasteiger partial charge is 0.370 e. The zero-order valence-corrected chi connectivity index (χ0v) is 14.5. The summed E-state index contributed by atoms with van der Waals surface area (Å²) in [6, 6.07) is 2.09. The summed E-state index contributed by atoms with van der Waals surface area (Å²) in [6.45, 7) is 11.7. The summed E-state index contributed by atoms with van der Waals surface area (Å²) in [5, 5.41) is 3.43. The number of nitrogens with one attached hydrogen (secondary N) is 1. The molecular formula is C16H30N6. The van der Waals surface area contributed by atoms with E-state index >= 15 is 0 Å². The van der Waals surface area contributed by atoms with Gasteiger partial charge >= 0.3 is 0 Å². The van der Waals surface area contributed by atoms with Crippen LogP contribution < -0.4 is 10.2 Å². The average molecular weight is 306 g/mol. The number of hydrogen-bond acceptors (Lipinski definition) is 6. The SMILES string of the molecule is CCN1CCN(c2cc(NCCCN(C)C)nc(C)n2)CC1. The van der Waals surface area contributed by atoms with Crippen molar-refractivity contribution in [3.8, 4) is 0 Å². The average Bonchev–Trinajstić information content (AvgIpc) is 2.51. The third-order valence-corrected chi connectivity index (χ3v) is 4.06. The molecule has 0 unspecified atom stereocenters. The minimum atomic E-state index is 0.838. The molecule has 2 heterocycles. The van der Waals surface area contributed by atoms with Crippen LogP contribution in [0, 0.1) is 6.92 Å². The van der Waals surface area contributed by atoms with Gasteiger partial charge in [0.15, 0.2) is 0 Å². The summed E-state index contributed by atoms with van der Waals surface area (Å²) in [4.78, 5) is 16.2. The normalized spacial score (nSPS) is 16.3. The Hall–Kier alpha value is -1.40. The van der Waals surface area contributed by atoms with Crippen LogP contribution in [-0.4, -0.2) is 79.7 Å². The van der Waals surface area contributed by atoms with E-state index in [0.717, 1.165) is 69.7 Å². The van der Waals surface area contributed by atoms with Crippen molar-refractivity contribution in [1.29, 1.82) is 0 Å². The predicted octanol–water partition coefficient (Wildman–Crippen LogP) is 1.29. The topological polar surface area (TPSA) is 47.5 Å². The molecule has 0 atom stereocenters. The molecule has 1 saturated heterocycles. The monoisotopic (exact) mass is 306 g/mol. The van der Waals surface area contributed by atoms with Gasteiger partial charge < -0.3 is 20.0 Å². The lowest BCUT2D eigenvalue weighted by Gasteiger charge is -2.34. The maximum atomic E-state index is 4.61. The van der Waals surface area contributed by atoms with Gasteiger partial charge in [-0.15, -0.1) is 0 Å². The molecule has 1 fully saturated rings. The highest BCUT2D eigenvalue weighted by atomic mass is 15.3. The molecule has 0 aromatic carbocycles. The third-order valence-electron chi connectivity index (χ3n) is 4.06. The van der Waals surface area contributed by atoms with Crippen LogP contribution in [0.4, 0.5) is 11.6 Å². The quantitative estimate of drug-likeness (QED) is 0.766. The molecule has 0 bridgehead atoms. The third kappa shape index (κ3) is 5.10. The number of hydrogen-bond donors (Lipinski definition) is 1. The number of likely N-dealkylation sites (N-methyl/N-ethyl adjacent to an activating group) is 1. The zero-order chi connectivity index (χ0) is 15.9. The van der Waals surface area contributed by atoms with Crippen molar-refractivity contribution in [2.24, 2.45) is 0 Å². The van der Waals surface area contributed by atoms with Crippen LogP contribution >= 0.6 is 0 Å². The van der Waals surface area contributed by atoms with Crippen LogP contribution in [-0.2, 0) is 0 Å². The number of aryl methyl sites for hydroxylation is 1. The van der Waals surface area contributed by atoms with Gasteiger partial charge in [-0.25, -0.2) is 9.97 Å². The molecule has 1 aromatic heterocycles. The van der Waals surface area contributed by atoms with Gasteiger partial charge in [0.2, 0.25) is 0 Å². The zero-order valence-electron chi connectivity index (χ0n) is 14.5. The second-order valence-electron chi connectivity index (χ2n) is 6.16. The lowest BCUT2D eigenvalue weighted by atomic mass is 10.3. The van der Waals surface area contributed by atoms with Gasteiger partial charge in [0.05, 0.1) is 0 Å². The molecule has 124 valence electrons. The summed E-state index contributed by atoms with van der Waals surface area (Å²) < 4.78 is 0. The molecule has 2 rings (SSSR count). The first-order valence-corrected chi connectivity index (χ1v) is 8.30. The second kappa shape index (κ2) is 8.29. The lowest BCUT2D eigenvalue weighted by molar-refractivity contribution is 0.270. The fraction of sp³-hybridized carbons (Fsp3) is 0.750. The molecule has 0 spiro atoms. The van der Waals surface area contributed by atoms with E-state index in [0.29, 0.717) is 0 Å². The van der Waals surface area contributed by atoms with Crippen LogP contribution in [0.25, 0.3) is 0 Å². The van der Waals surface area contributed by atoms with Gasteiger partial charge in [0.1, 0.15) is 17.5 Å². The highest BCUT2D eigenvalue weighted by Gasteiger charge is 2.17. The Labute approximate surface area is 134 Å². The van der Waals surface area contributed by atoms with E-state index < -0.39 is 0 Å². The van der Waals surface area contributed by atoms with Gasteiger partial charge in [0.25, 0.3) is 0 Å². The van der Waals surface area contributed by atoms with E-state index in [2.05, 4.69) is 57.1 Å². The Bertz CT molecular complexity index is 454. The van der Waals surface area contributed by atoms with E-state index in [4.69, 9.17) is 0 Å². The second-order valence-corrected chi connectivity index (χ2v) is 6.16. The minimum absolute atomic E-state index is 0.838. The number of piperazine rings is 1. The van der Waals surface area contributed by atoms with Crippen molar-refractivity contribution in [2.75, 3.05) is 70.1 Å². The molecule has 0 aliphatic carbocycles. The number of aromatic nitrogens is 2. The molecule has 22 heavy (non-hydrogen) atoms. The Morgan fingerprint density at radius 3 is 2.55 bits per heavy atom. The van der Waals surface area contributed by atoms with Gasteiger partial charge in [0, 0.05) is 38.8 Å². The highest BCUT2D eigenvalue weighted by molar-refractivity contribution is 5.49. The Balaban J connectivity index is 1.92. The van der Waals surface area contributed by atoms with Gasteiger partial charge in [-0.3, -0.25) is 0 Å². The van der Waals surface area contributed by atoms with Crippen LogP contribution in [0.15, 0.2) is 6.07 Å². The molecule has 0 saturated carbocycles. The number of rotatable bonds is 7. The first kappa shape index (κ1) is 17.0. The van der Waals surface area contributed by atoms with Crippen molar-refractivity contribution in [3.63, 3.8) is 0 Å². The van der Waals surface area contributed by atoms with Crippen molar-refractivity contribution in [2.45, 2.75) is 20.3 Å². The minimum Gasteiger partial charge on any atom is -0.370 e. The molecule has 6 heteroatoms. The van der Waals surface area contributed by atoms with Gasteiger partial charge in [-0.05, 0) is 40.5 Å². The summed E-state index contributed by atoms with van der Waals surface area (Å²) in [5.41, 5.74) is 0. The first-order chi connectivity index (χ1) is 10.6. The van der Waals surface area contributed by atoms with E-state index in [1.54, 1.807) is 0 Å². The predicted molar refractivity (Wildman–Crippen MR) is 92.8 cm³/mol. The van der Waals surface area contributed by atoms with Crippen molar-refractivity contribution in [3.05, 3.63) is 11.9 Å². The number of anilines is 2. The summed E-state index contributed by atoms with van der Waals surface area (Å²) >= 11 is 0. The van der Waals surface area contributed by atoms with Gasteiger partial charge in [-0.2, -0.15) is 0 Å². The molecule has 6 nitrogen and oxygen atoms in total. The molecule has 0 amide bonds. The fourth-order valence-corrected chi connectivity index (χ4v) is 2.71. The number of nitrogens with zero attached hydrogens (tertiary/aromatic N) is 5. The van der Waals surface area contributed by atoms with Crippen LogP contribution in [0.1, 0.15) is 19.2 Å². The van der Waals surface area contributed by atoms with E-state index in [-0.39, 0.29) is 0 Å². The van der Waals surface area contributed by atoms with E-state index in [1.165, 1.54) is 0 Å². The van der Waals surface area contributed by atoms with Crippen LogP contribution in [0.5, 0.6) is 0 Å². The van der Waals surface area contributed by atoms with Crippen molar-refractivity contribution < 1.29 is 0 Å². The first-order valence-electron chi connectivity index (χ1n) is 8.30. The molecule has 1 aliphatic heterocycles. The van der Waals surface area contributed by atoms with Crippen molar-refractivity contribution in [1.82, 2.24) is 19.8 Å². The highest BCUT2D eigenvalue weighted by Crippen LogP contribution is 2.17. The Morgan fingerprint density at radius 2 is 1.91 bits per heavy atom. The van der Waals surface area contributed by atoms with Crippen LogP contribution in [0.3, 0.4) is 0 Å². The standard InChI is InChI=1S/C16H30N6/c1-5-21-9-11-22(12-10-21)16-13-15(18-14(2)19-16)17-7-6-8-20(3)4/h13H,5-12H2,1-4H3,(H,17,18,19). The lowest BCUT2D eigenvalue weighted by Crippen LogP contribution is -2.46. The Morgan fingerprint density at radius 1 is 1.18 bits per heavy atom. The smallest absolute Gasteiger partial charge is 0.134 e. The summed E-state index contributed by atoms with van der Waals surface area (Å²) in [6.07, 6.45) is 1.11. The van der Waals surface area contributed by atoms with E-state index in [1.807, 2.05) is 6.92 Å². The molecule has 1 aliphatic rings. The molecule has 1 aromatic rings.